The third-order valence-corrected chi connectivity index (χ3v) is 6.78. The van der Waals surface area contributed by atoms with Crippen molar-refractivity contribution < 1.29 is 28.8 Å². The van der Waals surface area contributed by atoms with Gasteiger partial charge in [-0.3, -0.25) is 23.9 Å². The normalized spacial score (nSPS) is 20.1. The first-order valence-electron chi connectivity index (χ1n) is 12.5. The largest absolute Gasteiger partial charge is 0.439 e. The number of hydrogen-bond donors (Lipinski definition) is 3. The number of nitrogens with zero attached hydrogens (tertiary/aromatic N) is 3. The number of rotatable bonds is 7. The molecule has 2 fully saturated rings. The Morgan fingerprint density at radius 1 is 1.18 bits per heavy atom. The van der Waals surface area contributed by atoms with Crippen molar-refractivity contribution in [3.8, 4) is 11.4 Å². The Bertz CT molecular complexity index is 1450. The van der Waals surface area contributed by atoms with E-state index >= 15 is 0 Å². The molecule has 202 valence electrons. The van der Waals surface area contributed by atoms with Crippen molar-refractivity contribution in [1.82, 2.24) is 15.0 Å². The second kappa shape index (κ2) is 11.1. The topological polar surface area (TPSA) is 158 Å². The van der Waals surface area contributed by atoms with Crippen LogP contribution in [0.3, 0.4) is 0 Å². The highest BCUT2D eigenvalue weighted by Gasteiger charge is 2.39. The van der Waals surface area contributed by atoms with Gasteiger partial charge >= 0.3 is 5.76 Å². The van der Waals surface area contributed by atoms with Gasteiger partial charge in [0, 0.05) is 35.6 Å². The summed E-state index contributed by atoms with van der Waals surface area (Å²) in [7, 11) is 0. The molecule has 0 aliphatic carbocycles. The van der Waals surface area contributed by atoms with Crippen LogP contribution < -0.4 is 16.0 Å². The van der Waals surface area contributed by atoms with E-state index in [-0.39, 0.29) is 30.9 Å². The molecule has 2 aliphatic heterocycles. The first-order valence-corrected chi connectivity index (χ1v) is 12.5. The molecule has 5 rings (SSSR count). The van der Waals surface area contributed by atoms with Gasteiger partial charge < -0.3 is 25.0 Å². The summed E-state index contributed by atoms with van der Waals surface area (Å²) >= 11 is 0. The average Bonchev–Trinajstić information content (AvgIpc) is 3.62. The Morgan fingerprint density at radius 3 is 2.69 bits per heavy atom. The molecule has 0 radical (unpaired) electrons. The molecule has 2 saturated heterocycles. The van der Waals surface area contributed by atoms with Crippen LogP contribution in [0.2, 0.25) is 0 Å². The van der Waals surface area contributed by atoms with E-state index in [2.05, 4.69) is 26.6 Å². The van der Waals surface area contributed by atoms with Crippen molar-refractivity contribution in [2.24, 2.45) is 0 Å². The molecule has 3 aromatic rings. The van der Waals surface area contributed by atoms with E-state index in [0.29, 0.717) is 29.0 Å². The number of carbonyl (C=O) groups is 3. The summed E-state index contributed by atoms with van der Waals surface area (Å²) in [5.74, 6) is -2.03. The molecule has 3 unspecified atom stereocenters. The first-order chi connectivity index (χ1) is 18.9. The molecule has 3 amide bonds. The second-order valence-corrected chi connectivity index (χ2v) is 9.23. The van der Waals surface area contributed by atoms with Crippen LogP contribution in [0.4, 0.5) is 11.4 Å². The number of aromatic nitrogens is 2. The summed E-state index contributed by atoms with van der Waals surface area (Å²) in [4.78, 5) is 55.9. The van der Waals surface area contributed by atoms with E-state index in [1.54, 1.807) is 59.5 Å². The van der Waals surface area contributed by atoms with Gasteiger partial charge in [-0.15, -0.1) is 6.58 Å². The lowest BCUT2D eigenvalue weighted by atomic mass is 10.1. The predicted octanol–water partition coefficient (Wildman–Crippen LogP) is 1.55. The van der Waals surface area contributed by atoms with E-state index in [9.17, 15) is 24.3 Å². The molecule has 12 nitrogen and oxygen atoms in total. The number of ether oxygens (including phenoxy) is 1. The van der Waals surface area contributed by atoms with E-state index in [0.717, 1.165) is 12.8 Å². The number of aromatic amines is 1. The predicted molar refractivity (Wildman–Crippen MR) is 140 cm³/mol. The molecule has 12 heteroatoms. The monoisotopic (exact) mass is 533 g/mol. The van der Waals surface area contributed by atoms with Gasteiger partial charge in [0.2, 0.25) is 0 Å². The third-order valence-electron chi connectivity index (χ3n) is 6.78. The number of aliphatic hydroxyl groups excluding tert-OH is 1. The minimum Gasteiger partial charge on any atom is -0.380 e. The second-order valence-electron chi connectivity index (χ2n) is 9.23. The van der Waals surface area contributed by atoms with E-state index < -0.39 is 29.8 Å². The van der Waals surface area contributed by atoms with Gasteiger partial charge in [-0.1, -0.05) is 17.3 Å². The number of morpholine rings is 1. The van der Waals surface area contributed by atoms with Crippen molar-refractivity contribution >= 4 is 29.1 Å². The number of hydrogen-bond acceptors (Lipinski definition) is 8. The number of benzene rings is 2. The number of H-pyrrole nitrogens is 1. The van der Waals surface area contributed by atoms with Crippen LogP contribution in [0.15, 0.2) is 70.5 Å². The molecular formula is C27H27N5O7. The minimum absolute atomic E-state index is 0.0215. The van der Waals surface area contributed by atoms with Crippen molar-refractivity contribution in [2.45, 2.75) is 31.1 Å². The fourth-order valence-electron chi connectivity index (χ4n) is 4.77. The maximum Gasteiger partial charge on any atom is 0.439 e. The molecule has 3 atom stereocenters. The van der Waals surface area contributed by atoms with Crippen molar-refractivity contribution in [3.63, 3.8) is 0 Å². The smallest absolute Gasteiger partial charge is 0.380 e. The molecule has 3 N–H and O–H groups in total. The summed E-state index contributed by atoms with van der Waals surface area (Å²) in [6.45, 7) is 4.75. The van der Waals surface area contributed by atoms with E-state index in [1.807, 2.05) is 0 Å². The van der Waals surface area contributed by atoms with Crippen LogP contribution in [-0.4, -0.2) is 75.8 Å². The van der Waals surface area contributed by atoms with Gasteiger partial charge in [0.25, 0.3) is 17.7 Å². The highest BCUT2D eigenvalue weighted by Crippen LogP contribution is 2.26. The standard InChI is InChI=1S/C27H27N5O7/c1-2-19-7-4-12-31(19)25(35)17-5-3-6-20(15-17)32-13-14-38-22(26(32)36)21(33)24(34)28-18-10-8-16(9-11-18)23-29-27(37)39-30-23/h2-3,5-6,8-11,15,19,21-22,33H,1,4,7,12-14H2,(H,28,34)(H,29,30,37). The summed E-state index contributed by atoms with van der Waals surface area (Å²) in [5.41, 5.74) is 1.81. The number of carbonyl (C=O) groups excluding carboxylic acids is 3. The molecule has 2 aliphatic rings. The fourth-order valence-corrected chi connectivity index (χ4v) is 4.77. The van der Waals surface area contributed by atoms with Gasteiger partial charge in [0.1, 0.15) is 0 Å². The lowest BCUT2D eigenvalue weighted by Gasteiger charge is -2.34. The molecule has 3 heterocycles. The number of likely N-dealkylation sites (tertiary alicyclic amines) is 1. The molecule has 0 bridgehead atoms. The van der Waals surface area contributed by atoms with Gasteiger partial charge in [0.05, 0.1) is 12.6 Å². The molecular weight excluding hydrogens is 506 g/mol. The number of aliphatic hydroxyl groups is 1. The third kappa shape index (κ3) is 5.38. The lowest BCUT2D eigenvalue weighted by molar-refractivity contribution is -0.150. The van der Waals surface area contributed by atoms with Crippen LogP contribution in [0.5, 0.6) is 0 Å². The highest BCUT2D eigenvalue weighted by molar-refractivity contribution is 6.04. The molecule has 0 spiro atoms. The zero-order chi connectivity index (χ0) is 27.5. The van der Waals surface area contributed by atoms with E-state index in [1.165, 1.54) is 4.90 Å². The Balaban J connectivity index is 1.26. The maximum absolute atomic E-state index is 13.3. The first kappa shape index (κ1) is 26.1. The fraction of sp³-hybridized carbons (Fsp3) is 0.296. The van der Waals surface area contributed by atoms with Crippen molar-refractivity contribution in [3.05, 3.63) is 77.3 Å². The summed E-state index contributed by atoms with van der Waals surface area (Å²) in [6.07, 6.45) is 0.323. The molecule has 39 heavy (non-hydrogen) atoms. The Morgan fingerprint density at radius 2 is 1.97 bits per heavy atom. The van der Waals surface area contributed by atoms with E-state index in [4.69, 9.17) is 4.74 Å². The van der Waals surface area contributed by atoms with Gasteiger partial charge in [-0.25, -0.2) is 4.79 Å². The van der Waals surface area contributed by atoms with Crippen LogP contribution in [-0.2, 0) is 14.3 Å². The van der Waals surface area contributed by atoms with Crippen LogP contribution in [0.1, 0.15) is 23.2 Å². The van der Waals surface area contributed by atoms with Crippen LogP contribution in [0.25, 0.3) is 11.4 Å². The summed E-state index contributed by atoms with van der Waals surface area (Å²) in [6, 6.07) is 13.0. The zero-order valence-corrected chi connectivity index (χ0v) is 20.9. The summed E-state index contributed by atoms with van der Waals surface area (Å²) in [5, 5.41) is 16.8. The summed E-state index contributed by atoms with van der Waals surface area (Å²) < 4.78 is 9.97. The van der Waals surface area contributed by atoms with Crippen molar-refractivity contribution in [2.75, 3.05) is 29.9 Å². The SMILES string of the molecule is C=CC1CCCN1C(=O)c1cccc(N2CCOC(C(O)C(=O)Nc3ccc(-c4noc(=O)[nH]4)cc3)C2=O)c1. The highest BCUT2D eigenvalue weighted by atomic mass is 16.5. The molecule has 1 aromatic heterocycles. The zero-order valence-electron chi connectivity index (χ0n) is 20.9. The molecule has 0 saturated carbocycles. The van der Waals surface area contributed by atoms with Gasteiger partial charge in [-0.05, 0) is 55.3 Å². The molecule has 2 aromatic carbocycles. The van der Waals surface area contributed by atoms with Crippen LogP contribution >= 0.6 is 0 Å². The Hall–Kier alpha value is -4.55. The number of amides is 3. The number of nitrogens with one attached hydrogen (secondary N) is 2. The maximum atomic E-state index is 13.3. The average molecular weight is 534 g/mol. The Kier molecular flexibility index (Phi) is 7.39. The number of anilines is 2. The van der Waals surface area contributed by atoms with Gasteiger partial charge in [-0.2, -0.15) is 0 Å². The quantitative estimate of drug-likeness (QED) is 0.386. The van der Waals surface area contributed by atoms with Crippen LogP contribution in [0, 0.1) is 0 Å². The lowest BCUT2D eigenvalue weighted by Crippen LogP contribution is -2.55. The van der Waals surface area contributed by atoms with Gasteiger partial charge in [0.15, 0.2) is 18.0 Å². The minimum atomic E-state index is -1.78. The Labute approximate surface area is 222 Å². The van der Waals surface area contributed by atoms with Crippen molar-refractivity contribution in [1.29, 1.82) is 0 Å².